The molecule has 0 fully saturated rings. The molecule has 0 radical (unpaired) electrons. The van der Waals surface area contributed by atoms with Gasteiger partial charge in [-0.05, 0) is 119 Å². The van der Waals surface area contributed by atoms with Gasteiger partial charge in [0, 0.05) is 42.8 Å². The lowest BCUT2D eigenvalue weighted by Gasteiger charge is -2.28. The van der Waals surface area contributed by atoms with Crippen LogP contribution in [0.2, 0.25) is 0 Å². The number of hydrogen-bond donors (Lipinski definition) is 24. The van der Waals surface area contributed by atoms with Gasteiger partial charge in [0.25, 0.3) is 0 Å². The maximum absolute atomic E-state index is 14.4. The molecule has 3 aromatic rings. The topological polar surface area (TPSA) is 683 Å². The summed E-state index contributed by atoms with van der Waals surface area (Å²) >= 11 is 0. The molecule has 16 amide bonds. The lowest BCUT2D eigenvalue weighted by Crippen LogP contribution is -2.60. The van der Waals surface area contributed by atoms with Crippen molar-refractivity contribution in [2.45, 2.75) is 294 Å². The second-order valence-electron chi connectivity index (χ2n) is 32.4. The number of H-pyrrole nitrogens is 1. The monoisotopic (exact) mass is 1820 g/mol. The number of hydrogen-bond acceptors (Lipinski definition) is 23. The summed E-state index contributed by atoms with van der Waals surface area (Å²) in [7, 11) is 0. The van der Waals surface area contributed by atoms with E-state index < -0.39 is 243 Å². The van der Waals surface area contributed by atoms with Gasteiger partial charge in [-0.3, -0.25) is 86.3 Å². The van der Waals surface area contributed by atoms with Crippen molar-refractivity contribution in [3.05, 3.63) is 65.9 Å². The molecule has 0 saturated carbocycles. The zero-order chi connectivity index (χ0) is 96.1. The fourth-order valence-electron chi connectivity index (χ4n) is 13.6. The summed E-state index contributed by atoms with van der Waals surface area (Å²) in [5, 5.41) is 86.4. The first kappa shape index (κ1) is 111. The van der Waals surface area contributed by atoms with Gasteiger partial charge in [-0.15, -0.1) is 0 Å². The summed E-state index contributed by atoms with van der Waals surface area (Å²) in [6, 6.07) is -5.70. The van der Waals surface area contributed by atoms with Crippen LogP contribution in [0.3, 0.4) is 0 Å². The number of nitrogens with one attached hydrogen (secondary N) is 16. The molecule has 0 spiro atoms. The highest BCUT2D eigenvalue weighted by atomic mass is 16.4. The predicted octanol–water partition coefficient (Wildman–Crippen LogP) is -1.49. The SMILES string of the molecule is CCCCCCCCCCCCCCCC(=O)N[C@@H](CO)C(=O)N[C@@H](CCC(=O)O)C(=O)N[C@@H](CO)C(=O)NCC(=O)N[C@H](C(=O)N[C@@H](C)C(=O)N[C@@H](Cc1c[nH]c2ccccc12)C(=O)NCC(=O)NCC(=O)N[C@H](C(=O)N[C@@H](CCCCN)C(=O)N[C@@H](CCCCN)C(=O)N[C@@H](CC(N)=O)C(=O)N[C@@H](Cc1ccc(O)cc1)C(=O)N[C@@H](C)C(=O)O)[C@@H](C)CC)[C@@H](C)CC. The van der Waals surface area contributed by atoms with Gasteiger partial charge in [0.15, 0.2) is 0 Å². The Bertz CT molecular complexity index is 4130. The highest BCUT2D eigenvalue weighted by Gasteiger charge is 2.38. The first-order valence-corrected chi connectivity index (χ1v) is 44.6. The Hall–Kier alpha value is -11.9. The number of amides is 16. The lowest BCUT2D eigenvalue weighted by atomic mass is 9.97. The maximum Gasteiger partial charge on any atom is 0.325 e. The highest BCUT2D eigenvalue weighted by molar-refractivity contribution is 6.01. The molecule has 42 heteroatoms. The van der Waals surface area contributed by atoms with E-state index in [0.717, 1.165) is 32.1 Å². The normalized spacial score (nSPS) is 14.4. The minimum atomic E-state index is -1.79. The number of benzene rings is 2. The summed E-state index contributed by atoms with van der Waals surface area (Å²) in [6.45, 7) is 7.30. The second-order valence-corrected chi connectivity index (χ2v) is 32.4. The van der Waals surface area contributed by atoms with Crippen LogP contribution in [0.4, 0.5) is 0 Å². The third-order valence-electron chi connectivity index (χ3n) is 21.8. The Kier molecular flexibility index (Phi) is 53.1. The molecular weight excluding hydrogens is 1680 g/mol. The number of aliphatic hydroxyl groups is 2. The van der Waals surface area contributed by atoms with E-state index in [9.17, 15) is 112 Å². The Morgan fingerprint density at radius 3 is 1.29 bits per heavy atom. The average Bonchev–Trinajstić information content (AvgIpc) is 1.69. The number of phenolic OH excluding ortho intramolecular Hbond substituents is 1. The summed E-state index contributed by atoms with van der Waals surface area (Å²) < 4.78 is 0. The number of fused-ring (bicyclic) bond motifs is 1. The number of phenols is 1. The fraction of sp³-hybridized carbons (Fsp3) is 0.632. The van der Waals surface area contributed by atoms with Crippen molar-refractivity contribution in [1.82, 2.24) is 84.7 Å². The van der Waals surface area contributed by atoms with Crippen LogP contribution in [-0.2, 0) is 99.1 Å². The zero-order valence-corrected chi connectivity index (χ0v) is 75.1. The highest BCUT2D eigenvalue weighted by Crippen LogP contribution is 2.21. The molecule has 129 heavy (non-hydrogen) atoms. The lowest BCUT2D eigenvalue weighted by molar-refractivity contribution is -0.142. The van der Waals surface area contributed by atoms with Crippen LogP contribution in [-0.4, -0.2) is 255 Å². The van der Waals surface area contributed by atoms with E-state index in [-0.39, 0.29) is 76.6 Å². The first-order valence-electron chi connectivity index (χ1n) is 44.6. The van der Waals surface area contributed by atoms with Gasteiger partial charge in [-0.25, -0.2) is 0 Å². The molecule has 2 aromatic carbocycles. The molecule has 720 valence electrons. The van der Waals surface area contributed by atoms with E-state index in [1.165, 1.54) is 83.1 Å². The number of aromatic amines is 1. The second kappa shape index (κ2) is 61.5. The van der Waals surface area contributed by atoms with Crippen LogP contribution in [0.15, 0.2) is 54.7 Å². The number of nitrogens with two attached hydrogens (primary N) is 3. The zero-order valence-electron chi connectivity index (χ0n) is 75.1. The molecular formula is C87H139N19O23. The standard InChI is InChI=1S/C87H139N19O23/c1-8-11-12-13-14-15-16-17-18-19-20-21-22-33-69(111)97-67(50-108)84(125)99-62(38-39-73(115)116)81(122)104-66(49-107)78(119)94-48-72(114)106-74(51(4)9-2)85(126)95-53(6)76(117)101-64(43-56-45-91-59-30-24-23-29-58(56)59)77(118)93-46-70(112)92-47-71(113)105-75(52(5)10-3)86(127)100-61(32-26-28-41-89)79(120)98-60(31-25-27-40-88)80(121)103-65(44-68(90)110)83(124)102-63(82(123)96-54(7)87(128)129)42-55-34-36-57(109)37-35-55/h23-24,29-30,34-37,45,51-54,60-67,74-75,91,107-109H,8-22,25-28,31-33,38-44,46-50,88-89H2,1-7H3,(H2,90,110)(H,92,112)(H,93,118)(H,94,119)(H,95,126)(H,96,123)(H,97,111)(H,98,120)(H,99,125)(H,100,127)(H,101,117)(H,102,124)(H,103,121)(H,104,122)(H,105,113)(H,106,114)(H,115,116)(H,128,129)/t51-,52-,53-,54-,60-,61-,62-,63-,64-,65-,66-,67-,74-,75-/m0/s1. The number of carbonyl (C=O) groups excluding carboxylic acids is 16. The number of carbonyl (C=O) groups is 18. The Labute approximate surface area is 751 Å². The number of carboxylic acids is 2. The van der Waals surface area contributed by atoms with E-state index in [1.807, 2.05) is 0 Å². The molecule has 0 saturated heterocycles. The molecule has 0 aliphatic rings. The quantitative estimate of drug-likeness (QED) is 0.0286. The Morgan fingerprint density at radius 1 is 0.380 bits per heavy atom. The van der Waals surface area contributed by atoms with Crippen LogP contribution >= 0.6 is 0 Å². The van der Waals surface area contributed by atoms with Gasteiger partial charge in [0.2, 0.25) is 94.5 Å². The van der Waals surface area contributed by atoms with E-state index in [1.54, 1.807) is 58.2 Å². The van der Waals surface area contributed by atoms with Crippen molar-refractivity contribution in [2.75, 3.05) is 45.9 Å². The number of aromatic nitrogens is 1. The van der Waals surface area contributed by atoms with Gasteiger partial charge >= 0.3 is 11.9 Å². The van der Waals surface area contributed by atoms with Crippen molar-refractivity contribution >= 4 is 117 Å². The van der Waals surface area contributed by atoms with E-state index in [2.05, 4.69) is 91.7 Å². The van der Waals surface area contributed by atoms with Crippen molar-refractivity contribution < 1.29 is 112 Å². The smallest absolute Gasteiger partial charge is 0.325 e. The third kappa shape index (κ3) is 43.2. The number of unbranched alkanes of at least 4 members (excludes halogenated alkanes) is 14. The molecule has 0 aliphatic heterocycles. The summed E-state index contributed by atoms with van der Waals surface area (Å²) in [5.74, 6) is -19.4. The van der Waals surface area contributed by atoms with E-state index in [4.69, 9.17) is 17.2 Å². The first-order chi connectivity index (χ1) is 61.4. The molecule has 0 unspecified atom stereocenters. The Morgan fingerprint density at radius 2 is 0.791 bits per heavy atom. The van der Waals surface area contributed by atoms with E-state index in [0.29, 0.717) is 41.3 Å². The molecule has 0 aliphatic carbocycles. The van der Waals surface area contributed by atoms with Crippen LogP contribution in [0.25, 0.3) is 10.9 Å². The van der Waals surface area contributed by atoms with Crippen molar-refractivity contribution in [2.24, 2.45) is 29.0 Å². The van der Waals surface area contributed by atoms with Crippen molar-refractivity contribution in [3.8, 4) is 5.75 Å². The molecule has 3 rings (SSSR count). The maximum atomic E-state index is 14.4. The number of primary amides is 1. The molecule has 42 nitrogen and oxygen atoms in total. The third-order valence-corrected chi connectivity index (χ3v) is 21.8. The van der Waals surface area contributed by atoms with Gasteiger partial charge in [-0.1, -0.05) is 155 Å². The number of aromatic hydroxyl groups is 1. The fourth-order valence-corrected chi connectivity index (χ4v) is 13.6. The van der Waals surface area contributed by atoms with Crippen molar-refractivity contribution in [1.29, 1.82) is 0 Å². The number of aliphatic hydroxyl groups excluding tert-OH is 2. The van der Waals surface area contributed by atoms with E-state index >= 15 is 0 Å². The van der Waals surface area contributed by atoms with Crippen LogP contribution in [0.5, 0.6) is 5.75 Å². The summed E-state index contributed by atoms with van der Waals surface area (Å²) in [6.07, 6.45) is 14.9. The predicted molar refractivity (Wildman–Crippen MR) is 475 cm³/mol. The molecule has 0 bridgehead atoms. The minimum Gasteiger partial charge on any atom is -0.508 e. The molecule has 1 aromatic heterocycles. The summed E-state index contributed by atoms with van der Waals surface area (Å²) in [5.41, 5.74) is 18.7. The van der Waals surface area contributed by atoms with Gasteiger partial charge in [-0.2, -0.15) is 0 Å². The number of aliphatic carboxylic acids is 2. The number of carboxylic acid groups (broad SMARTS) is 2. The molecule has 1 heterocycles. The van der Waals surface area contributed by atoms with Gasteiger partial charge in [0.05, 0.1) is 39.3 Å². The minimum absolute atomic E-state index is 0.0527. The average molecular weight is 1820 g/mol. The summed E-state index contributed by atoms with van der Waals surface area (Å²) in [4.78, 5) is 246. The number of rotatable bonds is 67. The van der Waals surface area contributed by atoms with Gasteiger partial charge < -0.3 is 127 Å². The Balaban J connectivity index is 1.70. The van der Waals surface area contributed by atoms with Crippen LogP contribution in [0, 0.1) is 11.8 Å². The molecule has 27 N–H and O–H groups in total. The number of para-hydroxylation sites is 1. The van der Waals surface area contributed by atoms with Gasteiger partial charge in [0.1, 0.15) is 78.3 Å². The largest absolute Gasteiger partial charge is 0.508 e. The van der Waals surface area contributed by atoms with Crippen LogP contribution < -0.4 is 97.0 Å². The van der Waals surface area contributed by atoms with Crippen molar-refractivity contribution in [3.63, 3.8) is 0 Å². The van der Waals surface area contributed by atoms with Crippen LogP contribution in [0.1, 0.15) is 220 Å². The molecule has 14 atom stereocenters.